The van der Waals surface area contributed by atoms with Gasteiger partial charge in [0.1, 0.15) is 0 Å². The van der Waals surface area contributed by atoms with Gasteiger partial charge in [-0.1, -0.05) is 19.3 Å². The summed E-state index contributed by atoms with van der Waals surface area (Å²) >= 11 is 0. The zero-order chi connectivity index (χ0) is 13.1. The third-order valence-electron chi connectivity index (χ3n) is 5.37. The molecule has 1 saturated carbocycles. The average molecular weight is 268 g/mol. The first-order chi connectivity index (χ1) is 9.27. The molecule has 1 spiro atoms. The van der Waals surface area contributed by atoms with E-state index in [0.717, 1.165) is 45.3 Å². The van der Waals surface area contributed by atoms with Gasteiger partial charge in [-0.2, -0.15) is 0 Å². The standard InChI is InChI=1S/C16H28O3/c17-15(11-14-5-4-9-18-14)13-6-10-19-16(12-13)7-2-1-3-8-16/h13-15,17H,1-12H2. The summed E-state index contributed by atoms with van der Waals surface area (Å²) in [6.45, 7) is 1.72. The van der Waals surface area contributed by atoms with Crippen molar-refractivity contribution in [2.75, 3.05) is 13.2 Å². The molecule has 110 valence electrons. The number of ether oxygens (including phenoxy) is 2. The maximum atomic E-state index is 10.5. The third-order valence-corrected chi connectivity index (χ3v) is 5.37. The van der Waals surface area contributed by atoms with Crippen molar-refractivity contribution in [2.24, 2.45) is 5.92 Å². The van der Waals surface area contributed by atoms with E-state index in [1.807, 2.05) is 0 Å². The highest BCUT2D eigenvalue weighted by molar-refractivity contribution is 4.92. The van der Waals surface area contributed by atoms with Gasteiger partial charge in [0.2, 0.25) is 0 Å². The fourth-order valence-electron chi connectivity index (χ4n) is 4.23. The maximum absolute atomic E-state index is 10.5. The number of aliphatic hydroxyl groups is 1. The number of hydrogen-bond donors (Lipinski definition) is 1. The minimum Gasteiger partial charge on any atom is -0.393 e. The molecule has 19 heavy (non-hydrogen) atoms. The molecule has 1 N–H and O–H groups in total. The van der Waals surface area contributed by atoms with Gasteiger partial charge < -0.3 is 14.6 Å². The summed E-state index contributed by atoms with van der Waals surface area (Å²) in [7, 11) is 0. The molecule has 3 heteroatoms. The Morgan fingerprint density at radius 2 is 1.89 bits per heavy atom. The van der Waals surface area contributed by atoms with Gasteiger partial charge in [0, 0.05) is 13.2 Å². The first kappa shape index (κ1) is 13.8. The lowest BCUT2D eigenvalue weighted by Gasteiger charge is -2.45. The summed E-state index contributed by atoms with van der Waals surface area (Å²) in [5.74, 6) is 0.427. The average Bonchev–Trinajstić information content (AvgIpc) is 2.92. The Bertz CT molecular complexity index is 274. The summed E-state index contributed by atoms with van der Waals surface area (Å²) in [6.07, 6.45) is 11.7. The quantitative estimate of drug-likeness (QED) is 0.855. The summed E-state index contributed by atoms with van der Waals surface area (Å²) in [5, 5.41) is 10.5. The molecule has 0 bridgehead atoms. The molecular weight excluding hydrogens is 240 g/mol. The van der Waals surface area contributed by atoms with Crippen LogP contribution >= 0.6 is 0 Å². The van der Waals surface area contributed by atoms with Gasteiger partial charge in [-0.05, 0) is 50.9 Å². The molecule has 0 amide bonds. The fraction of sp³-hybridized carbons (Fsp3) is 1.00. The van der Waals surface area contributed by atoms with Gasteiger partial charge in [0.05, 0.1) is 17.8 Å². The van der Waals surface area contributed by atoms with E-state index in [1.165, 1.54) is 32.1 Å². The van der Waals surface area contributed by atoms with Crippen LogP contribution in [0.3, 0.4) is 0 Å². The highest BCUT2D eigenvalue weighted by Gasteiger charge is 2.40. The van der Waals surface area contributed by atoms with E-state index >= 15 is 0 Å². The molecule has 0 aromatic rings. The molecule has 2 heterocycles. The molecule has 3 atom stereocenters. The maximum Gasteiger partial charge on any atom is 0.0686 e. The van der Waals surface area contributed by atoms with E-state index in [-0.39, 0.29) is 11.7 Å². The number of hydrogen-bond acceptors (Lipinski definition) is 3. The van der Waals surface area contributed by atoms with Crippen molar-refractivity contribution in [3.63, 3.8) is 0 Å². The largest absolute Gasteiger partial charge is 0.393 e. The molecule has 3 unspecified atom stereocenters. The molecule has 3 aliphatic rings. The van der Waals surface area contributed by atoms with E-state index < -0.39 is 0 Å². The Balaban J connectivity index is 1.54. The number of aliphatic hydroxyl groups excluding tert-OH is 1. The molecule has 3 rings (SSSR count). The van der Waals surface area contributed by atoms with E-state index in [1.54, 1.807) is 0 Å². The highest BCUT2D eigenvalue weighted by atomic mass is 16.5. The van der Waals surface area contributed by atoms with Crippen LogP contribution in [0.2, 0.25) is 0 Å². The SMILES string of the molecule is OC(CC1CCCO1)C1CCOC2(CCCCC2)C1. The van der Waals surface area contributed by atoms with E-state index in [0.29, 0.717) is 12.0 Å². The Labute approximate surface area is 116 Å². The first-order valence-electron chi connectivity index (χ1n) is 8.21. The van der Waals surface area contributed by atoms with E-state index in [4.69, 9.17) is 9.47 Å². The third kappa shape index (κ3) is 3.32. The van der Waals surface area contributed by atoms with Crippen LogP contribution in [0.1, 0.15) is 64.2 Å². The molecule has 0 aromatic carbocycles. The Morgan fingerprint density at radius 3 is 2.63 bits per heavy atom. The Kier molecular flexibility index (Phi) is 4.45. The van der Waals surface area contributed by atoms with Gasteiger partial charge in [-0.3, -0.25) is 0 Å². The molecular formula is C16H28O3. The van der Waals surface area contributed by atoms with Crippen LogP contribution in [0.5, 0.6) is 0 Å². The van der Waals surface area contributed by atoms with E-state index in [2.05, 4.69) is 0 Å². The molecule has 2 saturated heterocycles. The predicted molar refractivity (Wildman–Crippen MR) is 74.1 cm³/mol. The lowest BCUT2D eigenvalue weighted by molar-refractivity contribution is -0.136. The molecule has 3 nitrogen and oxygen atoms in total. The smallest absolute Gasteiger partial charge is 0.0686 e. The van der Waals surface area contributed by atoms with Crippen molar-refractivity contribution in [1.82, 2.24) is 0 Å². The van der Waals surface area contributed by atoms with Gasteiger partial charge in [0.25, 0.3) is 0 Å². The van der Waals surface area contributed by atoms with Crippen LogP contribution in [-0.2, 0) is 9.47 Å². The summed E-state index contributed by atoms with van der Waals surface area (Å²) < 4.78 is 11.8. The van der Waals surface area contributed by atoms with Crippen LogP contribution in [-0.4, -0.2) is 36.1 Å². The summed E-state index contributed by atoms with van der Waals surface area (Å²) in [6, 6.07) is 0. The van der Waals surface area contributed by atoms with Gasteiger partial charge in [-0.25, -0.2) is 0 Å². The van der Waals surface area contributed by atoms with Crippen LogP contribution in [0.15, 0.2) is 0 Å². The minimum atomic E-state index is -0.189. The zero-order valence-electron chi connectivity index (χ0n) is 12.0. The van der Waals surface area contributed by atoms with Crippen molar-refractivity contribution in [3.8, 4) is 0 Å². The van der Waals surface area contributed by atoms with Crippen LogP contribution in [0.25, 0.3) is 0 Å². The van der Waals surface area contributed by atoms with Crippen molar-refractivity contribution >= 4 is 0 Å². The first-order valence-corrected chi connectivity index (χ1v) is 8.21. The van der Waals surface area contributed by atoms with Crippen LogP contribution < -0.4 is 0 Å². The van der Waals surface area contributed by atoms with Crippen molar-refractivity contribution in [3.05, 3.63) is 0 Å². The second-order valence-electron chi connectivity index (χ2n) is 6.78. The Morgan fingerprint density at radius 1 is 1.05 bits per heavy atom. The van der Waals surface area contributed by atoms with Crippen molar-refractivity contribution in [1.29, 1.82) is 0 Å². The lowest BCUT2D eigenvalue weighted by atomic mass is 9.74. The Hall–Kier alpha value is -0.120. The normalized spacial score (nSPS) is 36.5. The van der Waals surface area contributed by atoms with Crippen LogP contribution in [0.4, 0.5) is 0 Å². The molecule has 3 fully saturated rings. The molecule has 1 aliphatic carbocycles. The lowest BCUT2D eigenvalue weighted by Crippen LogP contribution is -2.44. The topological polar surface area (TPSA) is 38.7 Å². The van der Waals surface area contributed by atoms with E-state index in [9.17, 15) is 5.11 Å². The molecule has 0 aromatic heterocycles. The molecule has 2 aliphatic heterocycles. The van der Waals surface area contributed by atoms with Gasteiger partial charge >= 0.3 is 0 Å². The number of rotatable bonds is 3. The summed E-state index contributed by atoms with van der Waals surface area (Å²) in [4.78, 5) is 0. The van der Waals surface area contributed by atoms with Gasteiger partial charge in [0.15, 0.2) is 0 Å². The second kappa shape index (κ2) is 6.11. The van der Waals surface area contributed by atoms with Crippen molar-refractivity contribution < 1.29 is 14.6 Å². The van der Waals surface area contributed by atoms with Crippen LogP contribution in [0, 0.1) is 5.92 Å². The zero-order valence-corrected chi connectivity index (χ0v) is 12.0. The fourth-order valence-corrected chi connectivity index (χ4v) is 4.23. The minimum absolute atomic E-state index is 0.110. The predicted octanol–water partition coefficient (Wildman–Crippen LogP) is 3.05. The summed E-state index contributed by atoms with van der Waals surface area (Å²) in [5.41, 5.74) is 0.110. The monoisotopic (exact) mass is 268 g/mol. The molecule has 0 radical (unpaired) electrons. The van der Waals surface area contributed by atoms with Gasteiger partial charge in [-0.15, -0.1) is 0 Å². The highest BCUT2D eigenvalue weighted by Crippen LogP contribution is 2.42. The van der Waals surface area contributed by atoms with Crippen molar-refractivity contribution in [2.45, 2.75) is 82.0 Å². The second-order valence-corrected chi connectivity index (χ2v) is 6.78.